The second-order valence-electron chi connectivity index (χ2n) is 8.19. The molecule has 0 radical (unpaired) electrons. The summed E-state index contributed by atoms with van der Waals surface area (Å²) < 4.78 is 33.0. The van der Waals surface area contributed by atoms with Gasteiger partial charge in [0, 0.05) is 13.1 Å². The number of nitrogens with zero attached hydrogens (tertiary/aromatic N) is 1. The lowest BCUT2D eigenvalue weighted by atomic mass is 10.0. The highest BCUT2D eigenvalue weighted by atomic mass is 35.5. The number of nitrogens with one attached hydrogen (secondary N) is 1. The van der Waals surface area contributed by atoms with Crippen molar-refractivity contribution in [3.63, 3.8) is 0 Å². The predicted octanol–water partition coefficient (Wildman–Crippen LogP) is 4.52. The minimum Gasteiger partial charge on any atom is -0.445 e. The number of sulfonamides is 1. The molecule has 0 aliphatic rings. The Morgan fingerprint density at radius 1 is 1.15 bits per heavy atom. The summed E-state index contributed by atoms with van der Waals surface area (Å²) in [6.07, 6.45) is -0.264. The number of aliphatic hydroxyl groups excluding tert-OH is 1. The van der Waals surface area contributed by atoms with Gasteiger partial charge in [0.15, 0.2) is 0 Å². The summed E-state index contributed by atoms with van der Waals surface area (Å²) in [5.74, 6) is -0.0252. The van der Waals surface area contributed by atoms with E-state index in [-0.39, 0.29) is 47.0 Å². The van der Waals surface area contributed by atoms with Gasteiger partial charge in [-0.2, -0.15) is 4.31 Å². The standard InChI is InChI=1S/C24H30Cl2N2O5S/c1-4-12-33-24(30)27-22(13-18-8-6-5-7-9-18)23(29)16-28(15-17(2)3)34(31,32)19-10-11-20(25)21(26)14-19/h4-11,14,17,22-23,29H,1,12-13,15-16H2,2-3H3,(H,27,30)/t22-,23+/m0/s1. The molecule has 0 aliphatic carbocycles. The first-order valence-corrected chi connectivity index (χ1v) is 13.0. The number of carbonyl (C=O) groups is 1. The highest BCUT2D eigenvalue weighted by molar-refractivity contribution is 7.89. The molecular formula is C24H30Cl2N2O5S. The van der Waals surface area contributed by atoms with Crippen LogP contribution < -0.4 is 5.32 Å². The summed E-state index contributed by atoms with van der Waals surface area (Å²) in [6.45, 7) is 7.15. The highest BCUT2D eigenvalue weighted by Gasteiger charge is 2.31. The van der Waals surface area contributed by atoms with Gasteiger partial charge in [0.05, 0.1) is 27.1 Å². The zero-order valence-electron chi connectivity index (χ0n) is 19.2. The number of alkyl carbamates (subject to hydrolysis) is 1. The molecule has 2 aromatic carbocycles. The van der Waals surface area contributed by atoms with Gasteiger partial charge < -0.3 is 15.2 Å². The van der Waals surface area contributed by atoms with Crippen LogP contribution in [0.1, 0.15) is 19.4 Å². The maximum absolute atomic E-state index is 13.4. The third-order valence-corrected chi connectivity index (χ3v) is 7.45. The molecule has 1 amide bonds. The van der Waals surface area contributed by atoms with E-state index in [1.54, 1.807) is 0 Å². The third kappa shape index (κ3) is 8.29. The van der Waals surface area contributed by atoms with Gasteiger partial charge >= 0.3 is 6.09 Å². The van der Waals surface area contributed by atoms with Gasteiger partial charge in [0.1, 0.15) is 6.61 Å². The van der Waals surface area contributed by atoms with Gasteiger partial charge in [-0.05, 0) is 36.1 Å². The number of hydrogen-bond donors (Lipinski definition) is 2. The fourth-order valence-corrected chi connectivity index (χ4v) is 5.29. The second kappa shape index (κ2) is 13.1. The Labute approximate surface area is 211 Å². The largest absolute Gasteiger partial charge is 0.445 e. The van der Waals surface area contributed by atoms with Crippen LogP contribution in [0.25, 0.3) is 0 Å². The van der Waals surface area contributed by atoms with Crippen LogP contribution in [0.2, 0.25) is 10.0 Å². The topological polar surface area (TPSA) is 95.9 Å². The van der Waals surface area contributed by atoms with Gasteiger partial charge in [-0.15, -0.1) is 0 Å². The van der Waals surface area contributed by atoms with Gasteiger partial charge in [-0.3, -0.25) is 0 Å². The van der Waals surface area contributed by atoms with Crippen molar-refractivity contribution in [2.45, 2.75) is 37.3 Å². The minimum atomic E-state index is -4.01. The molecule has 2 aromatic rings. The predicted molar refractivity (Wildman–Crippen MR) is 135 cm³/mol. The van der Waals surface area contributed by atoms with Crippen LogP contribution in [0, 0.1) is 5.92 Å². The maximum Gasteiger partial charge on any atom is 0.407 e. The van der Waals surface area contributed by atoms with E-state index in [1.807, 2.05) is 44.2 Å². The van der Waals surface area contributed by atoms with E-state index in [4.69, 9.17) is 27.9 Å². The normalized spacial score (nSPS) is 13.5. The fourth-order valence-electron chi connectivity index (χ4n) is 3.28. The number of benzene rings is 2. The Morgan fingerprint density at radius 2 is 1.82 bits per heavy atom. The maximum atomic E-state index is 13.4. The number of rotatable bonds is 12. The monoisotopic (exact) mass is 528 g/mol. The number of aliphatic hydroxyl groups is 1. The van der Waals surface area contributed by atoms with Crippen LogP contribution in [0.15, 0.2) is 66.1 Å². The molecule has 0 bridgehead atoms. The molecule has 0 aliphatic heterocycles. The van der Waals surface area contributed by atoms with Crippen molar-refractivity contribution in [2.75, 3.05) is 19.7 Å². The Bertz CT molecular complexity index is 1060. The van der Waals surface area contributed by atoms with Crippen molar-refractivity contribution in [1.82, 2.24) is 9.62 Å². The van der Waals surface area contributed by atoms with Crippen LogP contribution in [0.4, 0.5) is 4.79 Å². The molecule has 7 nitrogen and oxygen atoms in total. The number of halogens is 2. The van der Waals surface area contributed by atoms with Crippen LogP contribution in [0.3, 0.4) is 0 Å². The number of amides is 1. The fraction of sp³-hybridized carbons (Fsp3) is 0.375. The van der Waals surface area contributed by atoms with E-state index in [1.165, 1.54) is 28.6 Å². The summed E-state index contributed by atoms with van der Waals surface area (Å²) in [6, 6.07) is 12.5. The minimum absolute atomic E-state index is 0.00512. The third-order valence-electron chi connectivity index (χ3n) is 4.89. The first-order valence-electron chi connectivity index (χ1n) is 10.8. The quantitative estimate of drug-likeness (QED) is 0.394. The molecule has 2 N–H and O–H groups in total. The molecular weight excluding hydrogens is 499 g/mol. The lowest BCUT2D eigenvalue weighted by Gasteiger charge is -2.30. The molecule has 0 fully saturated rings. The van der Waals surface area contributed by atoms with Crippen molar-refractivity contribution in [3.05, 3.63) is 76.8 Å². The Kier molecular flexibility index (Phi) is 10.9. The average Bonchev–Trinajstić information content (AvgIpc) is 2.78. The van der Waals surface area contributed by atoms with E-state index in [0.29, 0.717) is 0 Å². The summed E-state index contributed by atoms with van der Waals surface area (Å²) in [7, 11) is -4.01. The van der Waals surface area contributed by atoms with Crippen LogP contribution in [-0.2, 0) is 21.2 Å². The van der Waals surface area contributed by atoms with Crippen LogP contribution >= 0.6 is 23.2 Å². The average molecular weight is 529 g/mol. The van der Waals surface area contributed by atoms with E-state index >= 15 is 0 Å². The molecule has 10 heteroatoms. The van der Waals surface area contributed by atoms with Crippen molar-refractivity contribution >= 4 is 39.3 Å². The van der Waals surface area contributed by atoms with Crippen molar-refractivity contribution in [2.24, 2.45) is 5.92 Å². The summed E-state index contributed by atoms with van der Waals surface area (Å²) in [5, 5.41) is 14.1. The van der Waals surface area contributed by atoms with E-state index < -0.39 is 28.3 Å². The molecule has 34 heavy (non-hydrogen) atoms. The molecule has 0 saturated heterocycles. The summed E-state index contributed by atoms with van der Waals surface area (Å²) >= 11 is 12.0. The van der Waals surface area contributed by atoms with Gasteiger partial charge in [0.2, 0.25) is 10.0 Å². The van der Waals surface area contributed by atoms with E-state index in [0.717, 1.165) is 5.56 Å². The Morgan fingerprint density at radius 3 is 2.41 bits per heavy atom. The van der Waals surface area contributed by atoms with Gasteiger partial charge in [-0.25, -0.2) is 13.2 Å². The first kappa shape index (κ1) is 28.1. The zero-order valence-corrected chi connectivity index (χ0v) is 21.5. The van der Waals surface area contributed by atoms with E-state index in [9.17, 15) is 18.3 Å². The summed E-state index contributed by atoms with van der Waals surface area (Å²) in [4.78, 5) is 12.2. The molecule has 0 aromatic heterocycles. The number of ether oxygens (including phenoxy) is 1. The van der Waals surface area contributed by atoms with E-state index in [2.05, 4.69) is 11.9 Å². The molecule has 0 spiro atoms. The molecule has 0 unspecified atom stereocenters. The Hall–Kier alpha value is -2.10. The lowest BCUT2D eigenvalue weighted by molar-refractivity contribution is 0.0920. The molecule has 2 atom stereocenters. The number of hydrogen-bond acceptors (Lipinski definition) is 5. The molecule has 0 heterocycles. The van der Waals surface area contributed by atoms with Crippen molar-refractivity contribution < 1.29 is 23.1 Å². The van der Waals surface area contributed by atoms with Crippen molar-refractivity contribution in [3.8, 4) is 0 Å². The van der Waals surface area contributed by atoms with Gasteiger partial charge in [-0.1, -0.05) is 80.0 Å². The lowest BCUT2D eigenvalue weighted by Crippen LogP contribution is -2.51. The molecule has 2 rings (SSSR count). The molecule has 0 saturated carbocycles. The number of carbonyl (C=O) groups excluding carboxylic acids is 1. The first-order chi connectivity index (χ1) is 16.0. The van der Waals surface area contributed by atoms with Crippen LogP contribution in [0.5, 0.6) is 0 Å². The van der Waals surface area contributed by atoms with Crippen LogP contribution in [-0.4, -0.2) is 55.8 Å². The molecule has 186 valence electrons. The summed E-state index contributed by atoms with van der Waals surface area (Å²) in [5.41, 5.74) is 0.860. The SMILES string of the molecule is C=CCOC(=O)N[C@@H](Cc1ccccc1)[C@H](O)CN(CC(C)C)S(=O)(=O)c1ccc(Cl)c(Cl)c1. The highest BCUT2D eigenvalue weighted by Crippen LogP contribution is 2.27. The second-order valence-corrected chi connectivity index (χ2v) is 10.9. The van der Waals surface area contributed by atoms with Gasteiger partial charge in [0.25, 0.3) is 0 Å². The van der Waals surface area contributed by atoms with Crippen molar-refractivity contribution in [1.29, 1.82) is 0 Å². The smallest absolute Gasteiger partial charge is 0.407 e. The Balaban J connectivity index is 2.31. The zero-order chi connectivity index (χ0) is 25.3.